The second-order valence-corrected chi connectivity index (χ2v) is 6.22. The number of thioether (sulfide) groups is 1. The summed E-state index contributed by atoms with van der Waals surface area (Å²) in [5.74, 6) is 5.16. The van der Waals surface area contributed by atoms with Crippen molar-refractivity contribution in [1.29, 1.82) is 0 Å². The van der Waals surface area contributed by atoms with Crippen LogP contribution < -0.4 is 10.6 Å². The molecule has 1 saturated heterocycles. The molecular formula is C14H25N5S. The van der Waals surface area contributed by atoms with E-state index in [0.29, 0.717) is 0 Å². The Bertz CT molecular complexity index is 407. The molecule has 0 aliphatic carbocycles. The van der Waals surface area contributed by atoms with Crippen molar-refractivity contribution in [3.8, 4) is 0 Å². The molecule has 2 rings (SSSR count). The minimum absolute atomic E-state index is 0.808. The van der Waals surface area contributed by atoms with Gasteiger partial charge in [0.2, 0.25) is 0 Å². The van der Waals surface area contributed by atoms with Gasteiger partial charge in [-0.3, -0.25) is 4.90 Å². The molecule has 0 saturated carbocycles. The Labute approximate surface area is 125 Å². The van der Waals surface area contributed by atoms with Crippen LogP contribution in [0.1, 0.15) is 19.2 Å². The van der Waals surface area contributed by atoms with E-state index in [1.807, 2.05) is 24.8 Å². The third-order valence-electron chi connectivity index (χ3n) is 3.23. The Morgan fingerprint density at radius 2 is 1.80 bits per heavy atom. The molecule has 6 heteroatoms. The first-order chi connectivity index (χ1) is 9.78. The fraction of sp³-hybridized carbons (Fsp3) is 0.714. The fourth-order valence-corrected chi connectivity index (χ4v) is 3.15. The number of hydrogen-bond acceptors (Lipinski definition) is 6. The van der Waals surface area contributed by atoms with E-state index in [-0.39, 0.29) is 0 Å². The SMILES string of the molecule is CCCNc1cc(NCCN2CCSCC2)nc(C)n1. The van der Waals surface area contributed by atoms with Crippen molar-refractivity contribution in [2.45, 2.75) is 20.3 Å². The molecule has 0 bridgehead atoms. The molecule has 1 aliphatic rings. The summed E-state index contributed by atoms with van der Waals surface area (Å²) in [6.07, 6.45) is 1.10. The zero-order valence-electron chi connectivity index (χ0n) is 12.5. The van der Waals surface area contributed by atoms with Crippen molar-refractivity contribution in [2.75, 3.05) is 54.9 Å². The van der Waals surface area contributed by atoms with Crippen LogP contribution in [0.3, 0.4) is 0 Å². The Balaban J connectivity index is 1.80. The van der Waals surface area contributed by atoms with Gasteiger partial charge in [-0.25, -0.2) is 9.97 Å². The zero-order valence-corrected chi connectivity index (χ0v) is 13.3. The lowest BCUT2D eigenvalue weighted by Crippen LogP contribution is -2.36. The minimum Gasteiger partial charge on any atom is -0.370 e. The number of aryl methyl sites for hydroxylation is 1. The molecule has 0 aromatic carbocycles. The lowest BCUT2D eigenvalue weighted by atomic mass is 10.4. The highest BCUT2D eigenvalue weighted by atomic mass is 32.2. The monoisotopic (exact) mass is 295 g/mol. The Hall–Kier alpha value is -1.01. The minimum atomic E-state index is 0.808. The number of rotatable bonds is 7. The normalized spacial score (nSPS) is 16.1. The molecule has 0 radical (unpaired) electrons. The summed E-state index contributed by atoms with van der Waals surface area (Å²) < 4.78 is 0. The van der Waals surface area contributed by atoms with Gasteiger partial charge < -0.3 is 10.6 Å². The van der Waals surface area contributed by atoms with E-state index in [9.17, 15) is 0 Å². The first-order valence-electron chi connectivity index (χ1n) is 7.41. The van der Waals surface area contributed by atoms with Crippen LogP contribution in [0.25, 0.3) is 0 Å². The van der Waals surface area contributed by atoms with E-state index in [4.69, 9.17) is 0 Å². The fourth-order valence-electron chi connectivity index (χ4n) is 2.17. The van der Waals surface area contributed by atoms with E-state index in [1.165, 1.54) is 24.6 Å². The molecule has 0 spiro atoms. The van der Waals surface area contributed by atoms with Gasteiger partial charge in [0, 0.05) is 50.3 Å². The van der Waals surface area contributed by atoms with Gasteiger partial charge in [-0.1, -0.05) is 6.92 Å². The van der Waals surface area contributed by atoms with E-state index in [0.717, 1.165) is 43.5 Å². The first kappa shape index (κ1) is 15.4. The van der Waals surface area contributed by atoms with Gasteiger partial charge in [0.1, 0.15) is 17.5 Å². The van der Waals surface area contributed by atoms with Crippen LogP contribution in [-0.4, -0.2) is 59.1 Å². The van der Waals surface area contributed by atoms with Crippen LogP contribution in [0.5, 0.6) is 0 Å². The average Bonchev–Trinajstić information content (AvgIpc) is 2.46. The Morgan fingerprint density at radius 3 is 2.45 bits per heavy atom. The third kappa shape index (κ3) is 5.17. The van der Waals surface area contributed by atoms with Crippen molar-refractivity contribution in [3.63, 3.8) is 0 Å². The van der Waals surface area contributed by atoms with Crippen LogP contribution in [-0.2, 0) is 0 Å². The molecule has 1 aromatic heterocycles. The molecule has 0 amide bonds. The van der Waals surface area contributed by atoms with Gasteiger partial charge in [0.15, 0.2) is 0 Å². The highest BCUT2D eigenvalue weighted by molar-refractivity contribution is 7.99. The van der Waals surface area contributed by atoms with Gasteiger partial charge >= 0.3 is 0 Å². The molecule has 5 nitrogen and oxygen atoms in total. The molecule has 0 unspecified atom stereocenters. The van der Waals surface area contributed by atoms with E-state index >= 15 is 0 Å². The van der Waals surface area contributed by atoms with Crippen LogP contribution in [0, 0.1) is 6.92 Å². The van der Waals surface area contributed by atoms with Crippen LogP contribution in [0.15, 0.2) is 6.07 Å². The number of aromatic nitrogens is 2. The van der Waals surface area contributed by atoms with Gasteiger partial charge in [0.25, 0.3) is 0 Å². The molecule has 112 valence electrons. The third-order valence-corrected chi connectivity index (χ3v) is 4.17. The first-order valence-corrected chi connectivity index (χ1v) is 8.57. The highest BCUT2D eigenvalue weighted by Crippen LogP contribution is 2.12. The molecule has 2 heterocycles. The zero-order chi connectivity index (χ0) is 14.2. The summed E-state index contributed by atoms with van der Waals surface area (Å²) in [6.45, 7) is 9.47. The summed E-state index contributed by atoms with van der Waals surface area (Å²) in [4.78, 5) is 11.3. The molecule has 1 aromatic rings. The van der Waals surface area contributed by atoms with E-state index in [1.54, 1.807) is 0 Å². The molecule has 2 N–H and O–H groups in total. The van der Waals surface area contributed by atoms with Crippen molar-refractivity contribution >= 4 is 23.4 Å². The maximum Gasteiger partial charge on any atom is 0.131 e. The maximum atomic E-state index is 4.44. The summed E-state index contributed by atoms with van der Waals surface area (Å²) in [5.41, 5.74) is 0. The van der Waals surface area contributed by atoms with Gasteiger partial charge in [-0.2, -0.15) is 11.8 Å². The molecule has 0 atom stereocenters. The lowest BCUT2D eigenvalue weighted by molar-refractivity contribution is 0.314. The van der Waals surface area contributed by atoms with Gasteiger partial charge in [-0.05, 0) is 13.3 Å². The van der Waals surface area contributed by atoms with Crippen molar-refractivity contribution in [2.24, 2.45) is 0 Å². The number of anilines is 2. The molecule has 20 heavy (non-hydrogen) atoms. The Morgan fingerprint density at radius 1 is 1.15 bits per heavy atom. The second kappa shape index (κ2) is 8.32. The van der Waals surface area contributed by atoms with Crippen molar-refractivity contribution < 1.29 is 0 Å². The van der Waals surface area contributed by atoms with Crippen LogP contribution in [0.4, 0.5) is 11.6 Å². The van der Waals surface area contributed by atoms with Crippen LogP contribution in [0.2, 0.25) is 0 Å². The summed E-state index contributed by atoms with van der Waals surface area (Å²) >= 11 is 2.05. The van der Waals surface area contributed by atoms with Gasteiger partial charge in [-0.15, -0.1) is 0 Å². The lowest BCUT2D eigenvalue weighted by Gasteiger charge is -2.26. The summed E-state index contributed by atoms with van der Waals surface area (Å²) in [7, 11) is 0. The smallest absolute Gasteiger partial charge is 0.131 e. The average molecular weight is 295 g/mol. The second-order valence-electron chi connectivity index (χ2n) is 4.99. The standard InChI is InChI=1S/C14H25N5S/c1-3-4-15-13-11-14(18-12(2)17-13)16-5-6-19-7-9-20-10-8-19/h11H,3-10H2,1-2H3,(H2,15,16,17,18). The number of nitrogens with zero attached hydrogens (tertiary/aromatic N) is 3. The molecular weight excluding hydrogens is 270 g/mol. The highest BCUT2D eigenvalue weighted by Gasteiger charge is 2.09. The Kier molecular flexibility index (Phi) is 6.39. The molecule has 1 fully saturated rings. The van der Waals surface area contributed by atoms with Crippen molar-refractivity contribution in [3.05, 3.63) is 11.9 Å². The maximum absolute atomic E-state index is 4.44. The predicted molar refractivity (Wildman–Crippen MR) is 87.8 cm³/mol. The molecule has 1 aliphatic heterocycles. The quantitative estimate of drug-likeness (QED) is 0.803. The van der Waals surface area contributed by atoms with E-state index < -0.39 is 0 Å². The van der Waals surface area contributed by atoms with Crippen LogP contribution >= 0.6 is 11.8 Å². The van der Waals surface area contributed by atoms with Crippen molar-refractivity contribution in [1.82, 2.24) is 14.9 Å². The number of hydrogen-bond donors (Lipinski definition) is 2. The van der Waals surface area contributed by atoms with Gasteiger partial charge in [0.05, 0.1) is 0 Å². The predicted octanol–water partition coefficient (Wildman–Crippen LogP) is 2.07. The summed E-state index contributed by atoms with van der Waals surface area (Å²) in [5, 5.41) is 6.72. The van der Waals surface area contributed by atoms with E-state index in [2.05, 4.69) is 32.4 Å². The topological polar surface area (TPSA) is 53.1 Å². The summed E-state index contributed by atoms with van der Waals surface area (Å²) in [6, 6.07) is 1.99. The number of nitrogens with one attached hydrogen (secondary N) is 2. The largest absolute Gasteiger partial charge is 0.370 e.